The van der Waals surface area contributed by atoms with Crippen LogP contribution in [0.5, 0.6) is 0 Å². The van der Waals surface area contributed by atoms with Gasteiger partial charge in [0.1, 0.15) is 0 Å². The van der Waals surface area contributed by atoms with Crippen molar-refractivity contribution in [2.75, 3.05) is 6.61 Å². The molecule has 0 aromatic heterocycles. The predicted octanol–water partition coefficient (Wildman–Crippen LogP) is 1.88. The van der Waals surface area contributed by atoms with Crippen LogP contribution in [0.3, 0.4) is 0 Å². The highest BCUT2D eigenvalue weighted by Crippen LogP contribution is 2.00. The lowest BCUT2D eigenvalue weighted by atomic mass is 10.2. The minimum absolute atomic E-state index is 0.247. The molecule has 1 aromatic carbocycles. The molecule has 0 saturated carbocycles. The molecule has 1 aromatic rings. The fourth-order valence-electron chi connectivity index (χ4n) is 1.24. The molecular weight excluding hydrogens is 218 g/mol. The molecule has 0 radical (unpaired) electrons. The molecule has 0 saturated heterocycles. The summed E-state index contributed by atoms with van der Waals surface area (Å²) < 4.78 is 4.73. The minimum Gasteiger partial charge on any atom is -0.463 e. The van der Waals surface area contributed by atoms with E-state index in [-0.39, 0.29) is 5.91 Å². The maximum atomic E-state index is 11.7. The number of nitrogens with one attached hydrogen (secondary N) is 1. The van der Waals surface area contributed by atoms with E-state index in [1.54, 1.807) is 38.1 Å². The van der Waals surface area contributed by atoms with Gasteiger partial charge in [-0.15, -0.1) is 0 Å². The molecule has 0 atom stereocenters. The molecular formula is C13H15NO3. The number of amides is 1. The summed E-state index contributed by atoms with van der Waals surface area (Å²) in [5.41, 5.74) is 1.00. The number of rotatable bonds is 4. The van der Waals surface area contributed by atoms with Crippen molar-refractivity contribution < 1.29 is 14.3 Å². The van der Waals surface area contributed by atoms with E-state index < -0.39 is 5.97 Å². The summed E-state index contributed by atoms with van der Waals surface area (Å²) in [5.74, 6) is -0.706. The molecule has 17 heavy (non-hydrogen) atoms. The zero-order valence-electron chi connectivity index (χ0n) is 9.90. The van der Waals surface area contributed by atoms with Crippen LogP contribution in [0, 0.1) is 0 Å². The third kappa shape index (κ3) is 4.51. The fraction of sp³-hybridized carbons (Fsp3) is 0.231. The molecule has 0 fully saturated rings. The van der Waals surface area contributed by atoms with Gasteiger partial charge in [-0.25, -0.2) is 4.79 Å². The third-order valence-electron chi connectivity index (χ3n) is 1.97. The zero-order chi connectivity index (χ0) is 12.7. The van der Waals surface area contributed by atoms with Gasteiger partial charge in [-0.1, -0.05) is 18.2 Å². The van der Waals surface area contributed by atoms with Crippen LogP contribution in [0.1, 0.15) is 24.2 Å². The van der Waals surface area contributed by atoms with Crippen molar-refractivity contribution in [2.24, 2.45) is 0 Å². The normalized spacial score (nSPS) is 10.8. The average molecular weight is 233 g/mol. The number of esters is 1. The molecule has 0 aliphatic heterocycles. The number of benzene rings is 1. The highest BCUT2D eigenvalue weighted by molar-refractivity contribution is 5.96. The van der Waals surface area contributed by atoms with Crippen molar-refractivity contribution in [3.05, 3.63) is 47.7 Å². The van der Waals surface area contributed by atoms with Gasteiger partial charge < -0.3 is 10.1 Å². The predicted molar refractivity (Wildman–Crippen MR) is 64.3 cm³/mol. The van der Waals surface area contributed by atoms with Gasteiger partial charge in [0.05, 0.1) is 6.61 Å². The number of ether oxygens (including phenoxy) is 1. The second-order valence-electron chi connectivity index (χ2n) is 3.40. The maximum Gasteiger partial charge on any atom is 0.332 e. The highest BCUT2D eigenvalue weighted by atomic mass is 16.5. The number of hydrogen-bond acceptors (Lipinski definition) is 3. The van der Waals surface area contributed by atoms with E-state index in [4.69, 9.17) is 4.74 Å². The van der Waals surface area contributed by atoms with Crippen molar-refractivity contribution in [1.82, 2.24) is 5.32 Å². The number of carbonyl (C=O) groups is 2. The highest BCUT2D eigenvalue weighted by Gasteiger charge is 2.05. The van der Waals surface area contributed by atoms with Crippen LogP contribution in [0.4, 0.5) is 0 Å². The van der Waals surface area contributed by atoms with Gasteiger partial charge in [0.15, 0.2) is 0 Å². The Morgan fingerprint density at radius 2 is 1.94 bits per heavy atom. The number of carbonyl (C=O) groups excluding carboxylic acids is 2. The summed E-state index contributed by atoms with van der Waals surface area (Å²) in [7, 11) is 0. The summed E-state index contributed by atoms with van der Waals surface area (Å²) in [4.78, 5) is 22.8. The van der Waals surface area contributed by atoms with Crippen molar-refractivity contribution in [1.29, 1.82) is 0 Å². The fourth-order valence-corrected chi connectivity index (χ4v) is 1.24. The Kier molecular flexibility index (Phi) is 4.94. The second-order valence-corrected chi connectivity index (χ2v) is 3.40. The van der Waals surface area contributed by atoms with Crippen molar-refractivity contribution in [3.8, 4) is 0 Å². The Balaban J connectivity index is 2.60. The molecule has 1 amide bonds. The van der Waals surface area contributed by atoms with Crippen LogP contribution in [0.15, 0.2) is 42.1 Å². The molecule has 4 nitrogen and oxygen atoms in total. The Labute approximate surface area is 100 Å². The molecule has 0 aliphatic carbocycles. The smallest absolute Gasteiger partial charge is 0.332 e. The third-order valence-corrected chi connectivity index (χ3v) is 1.97. The lowest BCUT2D eigenvalue weighted by Gasteiger charge is -2.05. The zero-order valence-corrected chi connectivity index (χ0v) is 9.90. The molecule has 0 heterocycles. The molecule has 1 rings (SSSR count). The van der Waals surface area contributed by atoms with Crippen LogP contribution in [-0.2, 0) is 9.53 Å². The van der Waals surface area contributed by atoms with Gasteiger partial charge in [0.2, 0.25) is 0 Å². The van der Waals surface area contributed by atoms with E-state index in [1.807, 2.05) is 6.07 Å². The molecule has 90 valence electrons. The van der Waals surface area contributed by atoms with Crippen LogP contribution in [0.25, 0.3) is 0 Å². The molecule has 0 unspecified atom stereocenters. The van der Waals surface area contributed by atoms with Gasteiger partial charge in [-0.3, -0.25) is 4.79 Å². The molecule has 0 spiro atoms. The molecule has 1 N–H and O–H groups in total. The lowest BCUT2D eigenvalue weighted by Crippen LogP contribution is -2.22. The first-order chi connectivity index (χ1) is 8.13. The first-order valence-corrected chi connectivity index (χ1v) is 5.35. The van der Waals surface area contributed by atoms with Crippen molar-refractivity contribution >= 4 is 11.9 Å². The van der Waals surface area contributed by atoms with Gasteiger partial charge in [-0.05, 0) is 26.0 Å². The van der Waals surface area contributed by atoms with Crippen LogP contribution >= 0.6 is 0 Å². The SMILES string of the molecule is CCOC(=O)C=C(C)NC(=O)c1ccccc1. The van der Waals surface area contributed by atoms with E-state index in [0.29, 0.717) is 17.9 Å². The standard InChI is InChI=1S/C13H15NO3/c1-3-17-12(15)9-10(2)14-13(16)11-7-5-4-6-8-11/h4-9H,3H2,1-2H3,(H,14,16). The van der Waals surface area contributed by atoms with E-state index in [2.05, 4.69) is 5.32 Å². The average Bonchev–Trinajstić information content (AvgIpc) is 2.30. The van der Waals surface area contributed by atoms with Crippen LogP contribution < -0.4 is 5.32 Å². The van der Waals surface area contributed by atoms with Gasteiger partial charge in [0, 0.05) is 17.3 Å². The summed E-state index contributed by atoms with van der Waals surface area (Å²) in [6.45, 7) is 3.68. The van der Waals surface area contributed by atoms with Crippen molar-refractivity contribution in [2.45, 2.75) is 13.8 Å². The molecule has 4 heteroatoms. The monoisotopic (exact) mass is 233 g/mol. The Morgan fingerprint density at radius 1 is 1.29 bits per heavy atom. The number of allylic oxidation sites excluding steroid dienone is 1. The quantitative estimate of drug-likeness (QED) is 0.638. The van der Waals surface area contributed by atoms with Crippen LogP contribution in [0.2, 0.25) is 0 Å². The molecule has 0 bridgehead atoms. The Bertz CT molecular complexity index is 424. The summed E-state index contributed by atoms with van der Waals surface area (Å²) in [6, 6.07) is 8.79. The first kappa shape index (κ1) is 13.0. The van der Waals surface area contributed by atoms with Gasteiger partial charge >= 0.3 is 5.97 Å². The van der Waals surface area contributed by atoms with E-state index in [1.165, 1.54) is 6.08 Å². The Hall–Kier alpha value is -2.10. The topological polar surface area (TPSA) is 55.4 Å². The van der Waals surface area contributed by atoms with Crippen LogP contribution in [-0.4, -0.2) is 18.5 Å². The first-order valence-electron chi connectivity index (χ1n) is 5.35. The second kappa shape index (κ2) is 6.48. The lowest BCUT2D eigenvalue weighted by molar-refractivity contribution is -0.137. The maximum absolute atomic E-state index is 11.7. The Morgan fingerprint density at radius 3 is 2.53 bits per heavy atom. The number of hydrogen-bond donors (Lipinski definition) is 1. The summed E-state index contributed by atoms with van der Waals surface area (Å²) in [5, 5.41) is 2.61. The van der Waals surface area contributed by atoms with E-state index in [9.17, 15) is 9.59 Å². The van der Waals surface area contributed by atoms with Gasteiger partial charge in [0.25, 0.3) is 5.91 Å². The van der Waals surface area contributed by atoms with Crippen molar-refractivity contribution in [3.63, 3.8) is 0 Å². The van der Waals surface area contributed by atoms with E-state index >= 15 is 0 Å². The summed E-state index contributed by atoms with van der Waals surface area (Å²) >= 11 is 0. The minimum atomic E-state index is -0.460. The summed E-state index contributed by atoms with van der Waals surface area (Å²) in [6.07, 6.45) is 1.25. The van der Waals surface area contributed by atoms with Gasteiger partial charge in [-0.2, -0.15) is 0 Å². The molecule has 0 aliphatic rings. The van der Waals surface area contributed by atoms with E-state index in [0.717, 1.165) is 0 Å². The largest absolute Gasteiger partial charge is 0.463 e.